The van der Waals surface area contributed by atoms with Crippen molar-refractivity contribution in [2.24, 2.45) is 0 Å². The molecule has 3 nitrogen and oxygen atoms in total. The Kier molecular flexibility index (Phi) is 4.02. The highest BCUT2D eigenvalue weighted by Crippen LogP contribution is 2.22. The molecule has 72 valence electrons. The number of hydrogen-bond acceptors (Lipinski definition) is 3. The van der Waals surface area contributed by atoms with E-state index in [9.17, 15) is 0 Å². The van der Waals surface area contributed by atoms with E-state index in [1.807, 2.05) is 0 Å². The molecule has 0 aliphatic heterocycles. The lowest BCUT2D eigenvalue weighted by Gasteiger charge is -2.10. The maximum atomic E-state index is 8.99. The van der Waals surface area contributed by atoms with Crippen LogP contribution in [0.15, 0.2) is 24.3 Å². The van der Waals surface area contributed by atoms with E-state index in [1.54, 1.807) is 24.3 Å². The van der Waals surface area contributed by atoms with Crippen LogP contribution in [0.25, 0.3) is 0 Å². The number of aliphatic hydroxyl groups excluding tert-OH is 2. The second-order valence-electron chi connectivity index (χ2n) is 2.58. The average molecular weight is 203 g/mol. The summed E-state index contributed by atoms with van der Waals surface area (Å²) < 4.78 is 5.15. The van der Waals surface area contributed by atoms with Gasteiger partial charge in [-0.25, -0.2) is 0 Å². The number of halogens is 1. The third kappa shape index (κ3) is 3.22. The van der Waals surface area contributed by atoms with Gasteiger partial charge in [0.15, 0.2) is 0 Å². The number of hydrogen-bond donors (Lipinski definition) is 2. The summed E-state index contributed by atoms with van der Waals surface area (Å²) in [5.41, 5.74) is 0. The number of benzene rings is 1. The van der Waals surface area contributed by atoms with E-state index in [-0.39, 0.29) is 13.2 Å². The molecule has 0 aliphatic rings. The van der Waals surface area contributed by atoms with Crippen LogP contribution in [0.3, 0.4) is 0 Å². The largest absolute Gasteiger partial charge is 0.489 e. The van der Waals surface area contributed by atoms with Gasteiger partial charge in [0.05, 0.1) is 11.6 Å². The van der Waals surface area contributed by atoms with Crippen LogP contribution in [0, 0.1) is 0 Å². The van der Waals surface area contributed by atoms with Crippen LogP contribution in [-0.4, -0.2) is 29.5 Å². The Labute approximate surface area is 81.5 Å². The summed E-state index contributed by atoms with van der Waals surface area (Å²) >= 11 is 5.78. The molecule has 0 amide bonds. The highest BCUT2D eigenvalue weighted by molar-refractivity contribution is 6.32. The van der Waals surface area contributed by atoms with Crippen molar-refractivity contribution in [3.05, 3.63) is 29.3 Å². The SMILES string of the molecule is OC[C@H](O)COc1ccccc1Cl. The molecule has 0 fully saturated rings. The quantitative estimate of drug-likeness (QED) is 0.768. The molecule has 2 N–H and O–H groups in total. The van der Waals surface area contributed by atoms with Gasteiger partial charge in [-0.1, -0.05) is 23.7 Å². The van der Waals surface area contributed by atoms with Crippen molar-refractivity contribution >= 4 is 11.6 Å². The van der Waals surface area contributed by atoms with Gasteiger partial charge in [-0.2, -0.15) is 0 Å². The van der Waals surface area contributed by atoms with Crippen molar-refractivity contribution in [3.8, 4) is 5.75 Å². The highest BCUT2D eigenvalue weighted by Gasteiger charge is 2.04. The van der Waals surface area contributed by atoms with Gasteiger partial charge in [0.1, 0.15) is 18.5 Å². The molecule has 0 aliphatic carbocycles. The van der Waals surface area contributed by atoms with Crippen molar-refractivity contribution < 1.29 is 14.9 Å². The zero-order valence-corrected chi connectivity index (χ0v) is 7.74. The molecule has 0 saturated heterocycles. The lowest BCUT2D eigenvalue weighted by molar-refractivity contribution is 0.0536. The first-order valence-electron chi connectivity index (χ1n) is 3.90. The zero-order valence-electron chi connectivity index (χ0n) is 6.98. The van der Waals surface area contributed by atoms with E-state index in [0.717, 1.165) is 0 Å². The first kappa shape index (κ1) is 10.3. The minimum absolute atomic E-state index is 0.0419. The third-order valence-electron chi connectivity index (χ3n) is 1.48. The molecule has 1 rings (SSSR count). The van der Waals surface area contributed by atoms with Crippen LogP contribution < -0.4 is 4.74 Å². The lowest BCUT2D eigenvalue weighted by Crippen LogP contribution is -2.21. The zero-order chi connectivity index (χ0) is 9.68. The van der Waals surface area contributed by atoms with E-state index in [4.69, 9.17) is 26.6 Å². The maximum absolute atomic E-state index is 8.99. The third-order valence-corrected chi connectivity index (χ3v) is 1.79. The van der Waals surface area contributed by atoms with Crippen LogP contribution >= 0.6 is 11.6 Å². The van der Waals surface area contributed by atoms with Gasteiger partial charge in [0.2, 0.25) is 0 Å². The Bertz CT molecular complexity index is 265. The minimum Gasteiger partial charge on any atom is -0.489 e. The first-order valence-corrected chi connectivity index (χ1v) is 4.28. The molecule has 1 atom stereocenters. The summed E-state index contributed by atoms with van der Waals surface area (Å²) in [4.78, 5) is 0. The van der Waals surface area contributed by atoms with Gasteiger partial charge >= 0.3 is 0 Å². The van der Waals surface area contributed by atoms with Crippen LogP contribution in [0.4, 0.5) is 0 Å². The Morgan fingerprint density at radius 2 is 2.08 bits per heavy atom. The van der Waals surface area contributed by atoms with E-state index >= 15 is 0 Å². The van der Waals surface area contributed by atoms with Crippen molar-refractivity contribution in [2.75, 3.05) is 13.2 Å². The molecule has 0 bridgehead atoms. The Morgan fingerprint density at radius 3 is 2.69 bits per heavy atom. The number of para-hydroxylation sites is 1. The summed E-state index contributed by atoms with van der Waals surface area (Å²) in [7, 11) is 0. The van der Waals surface area contributed by atoms with E-state index in [1.165, 1.54) is 0 Å². The van der Waals surface area contributed by atoms with Gasteiger partial charge in [-0.15, -0.1) is 0 Å². The number of rotatable bonds is 4. The van der Waals surface area contributed by atoms with Gasteiger partial charge in [-0.05, 0) is 12.1 Å². The fraction of sp³-hybridized carbons (Fsp3) is 0.333. The van der Waals surface area contributed by atoms with Crippen molar-refractivity contribution in [1.82, 2.24) is 0 Å². The molecular formula is C9H11ClO3. The average Bonchev–Trinajstić information content (AvgIpc) is 2.16. The fourth-order valence-electron chi connectivity index (χ4n) is 0.800. The molecule has 0 spiro atoms. The predicted octanol–water partition coefficient (Wildman–Crippen LogP) is 1.07. The Balaban J connectivity index is 2.50. The summed E-state index contributed by atoms with van der Waals surface area (Å²) in [6.07, 6.45) is -0.865. The standard InChI is InChI=1S/C9H11ClO3/c10-8-3-1-2-4-9(8)13-6-7(12)5-11/h1-4,7,11-12H,5-6H2/t7-/m0/s1. The van der Waals surface area contributed by atoms with Gasteiger partial charge in [0, 0.05) is 0 Å². The van der Waals surface area contributed by atoms with Crippen molar-refractivity contribution in [1.29, 1.82) is 0 Å². The van der Waals surface area contributed by atoms with Gasteiger partial charge < -0.3 is 14.9 Å². The molecular weight excluding hydrogens is 192 g/mol. The summed E-state index contributed by atoms with van der Waals surface area (Å²) in [6.45, 7) is -0.273. The topological polar surface area (TPSA) is 49.7 Å². The molecule has 0 heterocycles. The van der Waals surface area contributed by atoms with Gasteiger partial charge in [-0.3, -0.25) is 0 Å². The summed E-state index contributed by atoms with van der Waals surface area (Å²) in [5.74, 6) is 0.511. The van der Waals surface area contributed by atoms with Gasteiger partial charge in [0.25, 0.3) is 0 Å². The first-order chi connectivity index (χ1) is 6.24. The molecule has 13 heavy (non-hydrogen) atoms. The van der Waals surface area contributed by atoms with Crippen molar-refractivity contribution in [3.63, 3.8) is 0 Å². The monoisotopic (exact) mass is 202 g/mol. The normalized spacial score (nSPS) is 12.5. The predicted molar refractivity (Wildman–Crippen MR) is 50.0 cm³/mol. The molecule has 0 unspecified atom stereocenters. The van der Waals surface area contributed by atoms with Crippen LogP contribution in [-0.2, 0) is 0 Å². The second kappa shape index (κ2) is 5.07. The Morgan fingerprint density at radius 1 is 1.38 bits per heavy atom. The second-order valence-corrected chi connectivity index (χ2v) is 2.99. The number of ether oxygens (including phenoxy) is 1. The van der Waals surface area contributed by atoms with Crippen LogP contribution in [0.5, 0.6) is 5.75 Å². The summed E-state index contributed by atoms with van der Waals surface area (Å²) in [6, 6.07) is 6.97. The molecule has 0 saturated carbocycles. The molecule has 1 aromatic rings. The van der Waals surface area contributed by atoms with Crippen LogP contribution in [0.2, 0.25) is 5.02 Å². The van der Waals surface area contributed by atoms with E-state index in [0.29, 0.717) is 10.8 Å². The molecule has 0 radical (unpaired) electrons. The van der Waals surface area contributed by atoms with E-state index in [2.05, 4.69) is 0 Å². The van der Waals surface area contributed by atoms with Crippen LogP contribution in [0.1, 0.15) is 0 Å². The Hall–Kier alpha value is -0.770. The molecule has 1 aromatic carbocycles. The lowest BCUT2D eigenvalue weighted by atomic mass is 10.3. The highest BCUT2D eigenvalue weighted by atomic mass is 35.5. The fourth-order valence-corrected chi connectivity index (χ4v) is 0.991. The smallest absolute Gasteiger partial charge is 0.138 e. The van der Waals surface area contributed by atoms with E-state index < -0.39 is 6.10 Å². The maximum Gasteiger partial charge on any atom is 0.138 e. The summed E-state index contributed by atoms with van der Waals surface area (Å²) in [5, 5.41) is 18.0. The minimum atomic E-state index is -0.865. The molecule has 4 heteroatoms. The number of aliphatic hydroxyl groups is 2. The molecule has 0 aromatic heterocycles. The van der Waals surface area contributed by atoms with Crippen molar-refractivity contribution in [2.45, 2.75) is 6.10 Å².